The molecule has 0 aliphatic carbocycles. The highest BCUT2D eigenvalue weighted by atomic mass is 16.3. The second-order valence-electron chi connectivity index (χ2n) is 7.05. The van der Waals surface area contributed by atoms with Crippen LogP contribution >= 0.6 is 0 Å². The van der Waals surface area contributed by atoms with Gasteiger partial charge in [-0.2, -0.15) is 0 Å². The number of hydrogen-bond donors (Lipinski definition) is 2. The highest BCUT2D eigenvalue weighted by molar-refractivity contribution is 5.54. The summed E-state index contributed by atoms with van der Waals surface area (Å²) in [6.45, 7) is 4.12. The van der Waals surface area contributed by atoms with Crippen molar-refractivity contribution >= 4 is 5.69 Å². The molecule has 2 aliphatic rings. The van der Waals surface area contributed by atoms with Gasteiger partial charge in [-0.15, -0.1) is 0 Å². The molecule has 3 heteroatoms. The van der Waals surface area contributed by atoms with Crippen molar-refractivity contribution in [1.29, 1.82) is 0 Å². The van der Waals surface area contributed by atoms with Crippen molar-refractivity contribution < 1.29 is 5.11 Å². The third-order valence-corrected chi connectivity index (χ3v) is 5.38. The van der Waals surface area contributed by atoms with E-state index in [0.717, 1.165) is 51.0 Å². The number of nitrogens with one attached hydrogen (secondary N) is 1. The summed E-state index contributed by atoms with van der Waals surface area (Å²) in [5.41, 5.74) is 6.58. The Morgan fingerprint density at radius 1 is 1.04 bits per heavy atom. The van der Waals surface area contributed by atoms with Gasteiger partial charge in [0.25, 0.3) is 0 Å². The molecule has 0 bridgehead atoms. The Labute approximate surface area is 144 Å². The average Bonchev–Trinajstić information content (AvgIpc) is 2.65. The summed E-state index contributed by atoms with van der Waals surface area (Å²) in [6, 6.07) is 15.1. The second kappa shape index (κ2) is 6.96. The first-order valence-corrected chi connectivity index (χ1v) is 9.13. The van der Waals surface area contributed by atoms with Crippen LogP contribution in [-0.2, 0) is 19.4 Å². The third kappa shape index (κ3) is 3.33. The van der Waals surface area contributed by atoms with Gasteiger partial charge in [-0.25, -0.2) is 0 Å². The quantitative estimate of drug-likeness (QED) is 0.904. The van der Waals surface area contributed by atoms with Crippen LogP contribution in [0, 0.1) is 0 Å². The van der Waals surface area contributed by atoms with Crippen molar-refractivity contribution in [2.75, 3.05) is 25.0 Å². The zero-order chi connectivity index (χ0) is 16.4. The van der Waals surface area contributed by atoms with E-state index in [2.05, 4.69) is 52.7 Å². The molecule has 0 fully saturated rings. The van der Waals surface area contributed by atoms with E-state index in [1.54, 1.807) is 0 Å². The molecular weight excluding hydrogens is 296 g/mol. The molecule has 1 unspecified atom stereocenters. The van der Waals surface area contributed by atoms with Crippen molar-refractivity contribution in [2.45, 2.75) is 38.3 Å². The molecule has 126 valence electrons. The molecule has 0 aromatic heterocycles. The van der Waals surface area contributed by atoms with E-state index in [9.17, 15) is 5.11 Å². The summed E-state index contributed by atoms with van der Waals surface area (Å²) < 4.78 is 0. The van der Waals surface area contributed by atoms with Gasteiger partial charge in [0, 0.05) is 31.9 Å². The Balaban J connectivity index is 1.36. The van der Waals surface area contributed by atoms with Crippen molar-refractivity contribution in [2.24, 2.45) is 0 Å². The molecule has 1 atom stereocenters. The fourth-order valence-electron chi connectivity index (χ4n) is 3.92. The van der Waals surface area contributed by atoms with Crippen LogP contribution in [0.5, 0.6) is 0 Å². The molecule has 0 radical (unpaired) electrons. The van der Waals surface area contributed by atoms with Gasteiger partial charge < -0.3 is 10.4 Å². The van der Waals surface area contributed by atoms with E-state index in [1.807, 2.05) is 0 Å². The summed E-state index contributed by atoms with van der Waals surface area (Å²) in [4.78, 5) is 2.46. The summed E-state index contributed by atoms with van der Waals surface area (Å²) in [6.07, 6.45) is 3.85. The maximum Gasteiger partial charge on any atom is 0.0802 e. The van der Waals surface area contributed by atoms with Gasteiger partial charge in [-0.1, -0.05) is 36.4 Å². The van der Waals surface area contributed by atoms with Crippen LogP contribution in [0.4, 0.5) is 5.69 Å². The predicted octanol–water partition coefficient (Wildman–Crippen LogP) is 3.53. The highest BCUT2D eigenvalue weighted by Gasteiger charge is 2.18. The zero-order valence-corrected chi connectivity index (χ0v) is 14.2. The van der Waals surface area contributed by atoms with Crippen LogP contribution in [0.3, 0.4) is 0 Å². The number of aryl methyl sites for hydroxylation is 1. The molecule has 0 saturated heterocycles. The van der Waals surface area contributed by atoms with Gasteiger partial charge in [-0.3, -0.25) is 4.90 Å². The van der Waals surface area contributed by atoms with E-state index in [0.29, 0.717) is 0 Å². The maximum atomic E-state index is 10.6. The van der Waals surface area contributed by atoms with Crippen LogP contribution in [-0.4, -0.2) is 29.6 Å². The lowest BCUT2D eigenvalue weighted by Gasteiger charge is -2.29. The smallest absolute Gasteiger partial charge is 0.0802 e. The maximum absolute atomic E-state index is 10.6. The van der Waals surface area contributed by atoms with Crippen LogP contribution in [0.15, 0.2) is 42.5 Å². The van der Waals surface area contributed by atoms with Gasteiger partial charge in [0.15, 0.2) is 0 Å². The van der Waals surface area contributed by atoms with Crippen molar-refractivity contribution in [3.8, 4) is 0 Å². The van der Waals surface area contributed by atoms with Gasteiger partial charge in [0.05, 0.1) is 6.10 Å². The number of anilines is 1. The minimum Gasteiger partial charge on any atom is -0.388 e. The van der Waals surface area contributed by atoms with Crippen molar-refractivity contribution in [3.63, 3.8) is 0 Å². The second-order valence-corrected chi connectivity index (χ2v) is 7.05. The molecule has 24 heavy (non-hydrogen) atoms. The van der Waals surface area contributed by atoms with Crippen LogP contribution in [0.25, 0.3) is 0 Å². The normalized spacial score (nSPS) is 18.4. The van der Waals surface area contributed by atoms with E-state index in [1.165, 1.54) is 28.8 Å². The first kappa shape index (κ1) is 15.7. The third-order valence-electron chi connectivity index (χ3n) is 5.38. The molecule has 0 saturated carbocycles. The molecule has 0 spiro atoms. The largest absolute Gasteiger partial charge is 0.388 e. The highest BCUT2D eigenvalue weighted by Crippen LogP contribution is 2.27. The zero-order valence-electron chi connectivity index (χ0n) is 14.2. The number of nitrogens with zero attached hydrogens (tertiary/aromatic N) is 1. The first-order valence-electron chi connectivity index (χ1n) is 9.13. The fraction of sp³-hybridized carbons (Fsp3) is 0.429. The topological polar surface area (TPSA) is 35.5 Å². The summed E-state index contributed by atoms with van der Waals surface area (Å²) >= 11 is 0. The van der Waals surface area contributed by atoms with E-state index in [-0.39, 0.29) is 6.10 Å². The number of fused-ring (bicyclic) bond motifs is 2. The van der Waals surface area contributed by atoms with Crippen LogP contribution in [0.2, 0.25) is 0 Å². The van der Waals surface area contributed by atoms with Gasteiger partial charge in [-0.05, 0) is 54.0 Å². The predicted molar refractivity (Wildman–Crippen MR) is 98.3 cm³/mol. The number of hydrogen-bond acceptors (Lipinski definition) is 3. The lowest BCUT2D eigenvalue weighted by molar-refractivity contribution is 0.137. The Morgan fingerprint density at radius 2 is 1.92 bits per heavy atom. The van der Waals surface area contributed by atoms with Gasteiger partial charge >= 0.3 is 0 Å². The minimum absolute atomic E-state index is 0.366. The molecule has 2 aromatic rings. The summed E-state index contributed by atoms with van der Waals surface area (Å²) in [5.74, 6) is 0. The van der Waals surface area contributed by atoms with E-state index >= 15 is 0 Å². The molecule has 3 nitrogen and oxygen atoms in total. The summed E-state index contributed by atoms with van der Waals surface area (Å²) in [5, 5.41) is 14.0. The number of rotatable bonds is 4. The molecule has 2 aromatic carbocycles. The van der Waals surface area contributed by atoms with Gasteiger partial charge in [0.2, 0.25) is 0 Å². The lowest BCUT2D eigenvalue weighted by Crippen LogP contribution is -2.32. The summed E-state index contributed by atoms with van der Waals surface area (Å²) in [7, 11) is 0. The molecule has 2 aliphatic heterocycles. The van der Waals surface area contributed by atoms with E-state index < -0.39 is 0 Å². The van der Waals surface area contributed by atoms with Crippen molar-refractivity contribution in [3.05, 3.63) is 64.7 Å². The number of aliphatic hydroxyl groups excluding tert-OH is 1. The Kier molecular flexibility index (Phi) is 4.54. The fourth-order valence-corrected chi connectivity index (χ4v) is 3.92. The molecular formula is C21H26N2O. The number of benzene rings is 2. The van der Waals surface area contributed by atoms with E-state index in [4.69, 9.17) is 0 Å². The Morgan fingerprint density at radius 3 is 2.83 bits per heavy atom. The number of aliphatic hydroxyl groups is 1. The minimum atomic E-state index is -0.366. The average molecular weight is 322 g/mol. The van der Waals surface area contributed by atoms with Gasteiger partial charge in [0.1, 0.15) is 0 Å². The monoisotopic (exact) mass is 322 g/mol. The first-order chi connectivity index (χ1) is 11.8. The lowest BCUT2D eigenvalue weighted by atomic mass is 9.96. The molecule has 0 amide bonds. The van der Waals surface area contributed by atoms with Crippen LogP contribution in [0.1, 0.15) is 41.2 Å². The SMILES string of the molecule is OC(CCN1CCc2ccccc2C1)c1ccc2c(c1)CCCN2. The Bertz CT molecular complexity index is 713. The van der Waals surface area contributed by atoms with Crippen molar-refractivity contribution in [1.82, 2.24) is 4.90 Å². The molecule has 4 rings (SSSR count). The standard InChI is InChI=1S/C21H26N2O/c24-21(18-7-8-20-17(14-18)6-3-11-22-20)10-13-23-12-9-16-4-1-2-5-19(16)15-23/h1-2,4-5,7-8,14,21-22,24H,3,6,9-13,15H2. The molecule has 2 N–H and O–H groups in total. The molecule has 2 heterocycles. The van der Waals surface area contributed by atoms with Crippen LogP contribution < -0.4 is 5.32 Å². The Hall–Kier alpha value is -1.84.